The first-order valence-electron chi connectivity index (χ1n) is 6.44. The Labute approximate surface area is 127 Å². The number of hydrogen-bond acceptors (Lipinski definition) is 4. The summed E-state index contributed by atoms with van der Waals surface area (Å²) in [7, 11) is 1.60. The molecule has 0 saturated carbocycles. The van der Waals surface area contributed by atoms with Crippen LogP contribution in [0.4, 0.5) is 0 Å². The molecule has 2 rings (SSSR count). The first-order valence-corrected chi connectivity index (χ1v) is 6.81. The predicted molar refractivity (Wildman–Crippen MR) is 80.3 cm³/mol. The molecule has 0 amide bonds. The zero-order valence-electron chi connectivity index (χ0n) is 11.8. The van der Waals surface area contributed by atoms with Crippen molar-refractivity contribution in [1.82, 2.24) is 9.78 Å². The number of ether oxygens (including phenoxy) is 1. The molecule has 0 radical (unpaired) electrons. The first-order chi connectivity index (χ1) is 10.0. The van der Waals surface area contributed by atoms with Crippen molar-refractivity contribution in [3.8, 4) is 11.4 Å². The highest BCUT2D eigenvalue weighted by atomic mass is 35.5. The molecule has 0 aliphatic rings. The molecule has 1 heterocycles. The van der Waals surface area contributed by atoms with E-state index < -0.39 is 5.24 Å². The minimum absolute atomic E-state index is 0.0927. The van der Waals surface area contributed by atoms with Crippen LogP contribution < -0.4 is 10.2 Å². The molecule has 1 aromatic carbocycles. The van der Waals surface area contributed by atoms with Crippen LogP contribution in [0.5, 0.6) is 5.75 Å². The summed E-state index contributed by atoms with van der Waals surface area (Å²) in [5.41, 5.74) is 1.67. The highest BCUT2D eigenvalue weighted by Gasteiger charge is 2.09. The summed E-state index contributed by atoms with van der Waals surface area (Å²) in [6, 6.07) is 8.83. The van der Waals surface area contributed by atoms with Crippen molar-refractivity contribution >= 4 is 16.8 Å². The Morgan fingerprint density at radius 3 is 2.57 bits per heavy atom. The average Bonchev–Trinajstić information content (AvgIpc) is 2.46. The van der Waals surface area contributed by atoms with Gasteiger partial charge in [-0.3, -0.25) is 9.59 Å². The van der Waals surface area contributed by atoms with Crippen molar-refractivity contribution < 1.29 is 9.53 Å². The van der Waals surface area contributed by atoms with Crippen molar-refractivity contribution in [2.45, 2.75) is 19.8 Å². The largest absolute Gasteiger partial charge is 0.497 e. The van der Waals surface area contributed by atoms with Gasteiger partial charge in [0.2, 0.25) is 10.7 Å². The molecular formula is C15H15ClN2O3. The summed E-state index contributed by atoms with van der Waals surface area (Å²) in [4.78, 5) is 22.7. The van der Waals surface area contributed by atoms with Crippen LogP contribution in [-0.2, 0) is 11.2 Å². The smallest absolute Gasteiger partial charge is 0.222 e. The average molecular weight is 307 g/mol. The summed E-state index contributed by atoms with van der Waals surface area (Å²) < 4.78 is 6.77. The number of nitrogens with zero attached hydrogens (tertiary/aromatic N) is 2. The monoisotopic (exact) mass is 306 g/mol. The van der Waals surface area contributed by atoms with Gasteiger partial charge in [-0.25, -0.2) is 4.68 Å². The number of benzene rings is 1. The Hall–Kier alpha value is -2.14. The maximum absolute atomic E-state index is 11.9. The first kappa shape index (κ1) is 15.3. The highest BCUT2D eigenvalue weighted by Crippen LogP contribution is 2.15. The van der Waals surface area contributed by atoms with Gasteiger partial charge in [0.15, 0.2) is 0 Å². The van der Waals surface area contributed by atoms with E-state index in [1.807, 2.05) is 24.3 Å². The molecule has 0 fully saturated rings. The number of halogens is 1. The van der Waals surface area contributed by atoms with Crippen LogP contribution in [0.1, 0.15) is 17.8 Å². The predicted octanol–water partition coefficient (Wildman–Crippen LogP) is 2.25. The van der Waals surface area contributed by atoms with E-state index in [-0.39, 0.29) is 18.3 Å². The zero-order chi connectivity index (χ0) is 15.4. The van der Waals surface area contributed by atoms with E-state index in [0.717, 1.165) is 11.4 Å². The third-order valence-electron chi connectivity index (χ3n) is 3.05. The molecule has 0 atom stereocenters. The number of hydrogen-bond donors (Lipinski definition) is 0. The van der Waals surface area contributed by atoms with Gasteiger partial charge >= 0.3 is 0 Å². The lowest BCUT2D eigenvalue weighted by Crippen LogP contribution is -2.19. The standard InChI is InChI=1S/C15H15ClN2O3/c1-10-9-14(19)13(7-8-15(16)20)17-18(10)11-3-5-12(21-2)6-4-11/h3-6,9H,7-8H2,1-2H3. The zero-order valence-corrected chi connectivity index (χ0v) is 12.6. The van der Waals surface area contributed by atoms with Gasteiger partial charge in [-0.15, -0.1) is 0 Å². The van der Waals surface area contributed by atoms with Crippen molar-refractivity contribution in [1.29, 1.82) is 0 Å². The van der Waals surface area contributed by atoms with Crippen LogP contribution >= 0.6 is 11.6 Å². The molecule has 6 heteroatoms. The van der Waals surface area contributed by atoms with Gasteiger partial charge in [-0.05, 0) is 42.8 Å². The van der Waals surface area contributed by atoms with Crippen molar-refractivity contribution in [2.24, 2.45) is 0 Å². The van der Waals surface area contributed by atoms with E-state index in [0.29, 0.717) is 11.4 Å². The van der Waals surface area contributed by atoms with Gasteiger partial charge in [0.25, 0.3) is 0 Å². The van der Waals surface area contributed by atoms with Gasteiger partial charge in [0, 0.05) is 24.6 Å². The second-order valence-corrected chi connectivity index (χ2v) is 4.98. The molecule has 0 spiro atoms. The third-order valence-corrected chi connectivity index (χ3v) is 3.24. The topological polar surface area (TPSA) is 61.2 Å². The Bertz CT molecular complexity index is 708. The molecule has 0 bridgehead atoms. The van der Waals surface area contributed by atoms with E-state index in [1.165, 1.54) is 6.07 Å². The number of rotatable bonds is 5. The van der Waals surface area contributed by atoms with Crippen LogP contribution in [-0.4, -0.2) is 22.1 Å². The molecule has 1 aromatic heterocycles. The third kappa shape index (κ3) is 3.70. The van der Waals surface area contributed by atoms with E-state index in [4.69, 9.17) is 16.3 Å². The number of carbonyl (C=O) groups excluding carboxylic acids is 1. The molecule has 0 aliphatic carbocycles. The van der Waals surface area contributed by atoms with Crippen LogP contribution in [0.3, 0.4) is 0 Å². The summed E-state index contributed by atoms with van der Waals surface area (Å²) in [6.45, 7) is 1.80. The summed E-state index contributed by atoms with van der Waals surface area (Å²) >= 11 is 5.31. The van der Waals surface area contributed by atoms with E-state index in [9.17, 15) is 9.59 Å². The Morgan fingerprint density at radius 2 is 2.00 bits per heavy atom. The normalized spacial score (nSPS) is 10.4. The summed E-state index contributed by atoms with van der Waals surface area (Å²) in [5.74, 6) is 0.741. The fourth-order valence-corrected chi connectivity index (χ4v) is 2.05. The van der Waals surface area contributed by atoms with Crippen LogP contribution in [0.25, 0.3) is 5.69 Å². The van der Waals surface area contributed by atoms with Gasteiger partial charge in [-0.2, -0.15) is 5.10 Å². The maximum Gasteiger partial charge on any atom is 0.222 e. The number of aromatic nitrogens is 2. The van der Waals surface area contributed by atoms with Crippen molar-refractivity contribution in [3.05, 3.63) is 51.9 Å². The number of aryl methyl sites for hydroxylation is 2. The SMILES string of the molecule is COc1ccc(-n2nc(CCC(=O)Cl)c(=O)cc2C)cc1. The Balaban J connectivity index is 2.40. The van der Waals surface area contributed by atoms with Crippen LogP contribution in [0.2, 0.25) is 0 Å². The lowest BCUT2D eigenvalue weighted by molar-refractivity contribution is -0.111. The highest BCUT2D eigenvalue weighted by molar-refractivity contribution is 6.63. The van der Waals surface area contributed by atoms with Gasteiger partial charge in [-0.1, -0.05) is 0 Å². The minimum Gasteiger partial charge on any atom is -0.497 e. The van der Waals surface area contributed by atoms with E-state index >= 15 is 0 Å². The molecule has 110 valence electrons. The van der Waals surface area contributed by atoms with Crippen LogP contribution in [0, 0.1) is 6.92 Å². The number of carbonyl (C=O) groups is 1. The van der Waals surface area contributed by atoms with Crippen LogP contribution in [0.15, 0.2) is 35.1 Å². The lowest BCUT2D eigenvalue weighted by Gasteiger charge is -2.11. The summed E-state index contributed by atoms with van der Waals surface area (Å²) in [5, 5.41) is 3.84. The summed E-state index contributed by atoms with van der Waals surface area (Å²) in [6.07, 6.45) is 0.326. The second kappa shape index (κ2) is 6.54. The fourth-order valence-electron chi connectivity index (χ4n) is 1.96. The molecule has 2 aromatic rings. The molecule has 0 N–H and O–H groups in total. The fraction of sp³-hybridized carbons (Fsp3) is 0.267. The van der Waals surface area contributed by atoms with Crippen molar-refractivity contribution in [3.63, 3.8) is 0 Å². The number of methoxy groups -OCH3 is 1. The molecule has 0 aliphatic heterocycles. The van der Waals surface area contributed by atoms with E-state index in [1.54, 1.807) is 18.7 Å². The van der Waals surface area contributed by atoms with Gasteiger partial charge in [0.05, 0.1) is 12.8 Å². The molecule has 0 unspecified atom stereocenters. The van der Waals surface area contributed by atoms with E-state index in [2.05, 4.69) is 5.10 Å². The van der Waals surface area contributed by atoms with Gasteiger partial charge < -0.3 is 4.74 Å². The quantitative estimate of drug-likeness (QED) is 0.795. The Morgan fingerprint density at radius 1 is 1.33 bits per heavy atom. The molecule has 21 heavy (non-hydrogen) atoms. The Kier molecular flexibility index (Phi) is 4.75. The van der Waals surface area contributed by atoms with Gasteiger partial charge in [0.1, 0.15) is 11.4 Å². The second-order valence-electron chi connectivity index (χ2n) is 4.56. The maximum atomic E-state index is 11.9. The molecular weight excluding hydrogens is 292 g/mol. The minimum atomic E-state index is -0.479. The molecule has 5 nitrogen and oxygen atoms in total. The lowest BCUT2D eigenvalue weighted by atomic mass is 10.2. The molecule has 0 saturated heterocycles. The van der Waals surface area contributed by atoms with Crippen molar-refractivity contribution in [2.75, 3.05) is 7.11 Å².